The Morgan fingerprint density at radius 3 is 2.61 bits per heavy atom. The normalized spacial score (nSPS) is 11.2. The molecule has 1 rings (SSSR count). The van der Waals surface area contributed by atoms with Crippen LogP contribution in [0.15, 0.2) is 18.2 Å². The summed E-state index contributed by atoms with van der Waals surface area (Å²) in [5, 5.41) is 13.7. The van der Waals surface area contributed by atoms with Gasteiger partial charge in [-0.1, -0.05) is 19.1 Å². The molecule has 1 N–H and O–H groups in total. The molecule has 18 heavy (non-hydrogen) atoms. The second kappa shape index (κ2) is 5.81. The molecule has 7 heteroatoms. The van der Waals surface area contributed by atoms with Crippen molar-refractivity contribution in [1.82, 2.24) is 0 Å². The summed E-state index contributed by atoms with van der Waals surface area (Å²) in [5.74, 6) is 0.0412. The standard InChI is InChI=1S/C11H16N2O4S/c1-3-18(16,17)8-7-12-11-9(2)5-4-6-10(11)13(14)15/h4-6,12H,3,7-8H2,1-2H3. The minimum atomic E-state index is -3.07. The molecule has 0 radical (unpaired) electrons. The number of benzene rings is 1. The van der Waals surface area contributed by atoms with Crippen LogP contribution in [0.4, 0.5) is 11.4 Å². The Morgan fingerprint density at radius 1 is 1.39 bits per heavy atom. The smallest absolute Gasteiger partial charge is 0.292 e. The first-order valence-corrected chi connectivity index (χ1v) is 7.38. The molecule has 0 aromatic heterocycles. The number of sulfone groups is 1. The molecular weight excluding hydrogens is 256 g/mol. The summed E-state index contributed by atoms with van der Waals surface area (Å²) in [6.07, 6.45) is 0. The van der Waals surface area contributed by atoms with E-state index in [1.165, 1.54) is 6.07 Å². The average molecular weight is 272 g/mol. The van der Waals surface area contributed by atoms with Crippen molar-refractivity contribution < 1.29 is 13.3 Å². The van der Waals surface area contributed by atoms with Crippen molar-refractivity contribution in [3.8, 4) is 0 Å². The van der Waals surface area contributed by atoms with E-state index < -0.39 is 14.8 Å². The fourth-order valence-electron chi connectivity index (χ4n) is 1.51. The first-order chi connectivity index (χ1) is 8.37. The van der Waals surface area contributed by atoms with Crippen LogP contribution in [0.5, 0.6) is 0 Å². The topological polar surface area (TPSA) is 89.3 Å². The molecule has 0 aliphatic rings. The third-order valence-electron chi connectivity index (χ3n) is 2.60. The molecule has 6 nitrogen and oxygen atoms in total. The highest BCUT2D eigenvalue weighted by atomic mass is 32.2. The van der Waals surface area contributed by atoms with Gasteiger partial charge < -0.3 is 5.32 Å². The summed E-state index contributed by atoms with van der Waals surface area (Å²) in [7, 11) is -3.07. The van der Waals surface area contributed by atoms with Crippen LogP contribution in [0.2, 0.25) is 0 Å². The van der Waals surface area contributed by atoms with Crippen molar-refractivity contribution >= 4 is 21.2 Å². The molecule has 0 bridgehead atoms. The molecule has 0 heterocycles. The number of aryl methyl sites for hydroxylation is 1. The van der Waals surface area contributed by atoms with E-state index in [4.69, 9.17) is 0 Å². The summed E-state index contributed by atoms with van der Waals surface area (Å²) in [4.78, 5) is 10.4. The number of nitrogens with zero attached hydrogens (tertiary/aromatic N) is 1. The maximum Gasteiger partial charge on any atom is 0.292 e. The second-order valence-electron chi connectivity index (χ2n) is 3.89. The zero-order valence-electron chi connectivity index (χ0n) is 10.3. The van der Waals surface area contributed by atoms with Crippen LogP contribution in [-0.2, 0) is 9.84 Å². The third-order valence-corrected chi connectivity index (χ3v) is 4.31. The van der Waals surface area contributed by atoms with Gasteiger partial charge in [0.05, 0.1) is 10.7 Å². The van der Waals surface area contributed by atoms with Gasteiger partial charge in [0.25, 0.3) is 5.69 Å². The average Bonchev–Trinajstić information content (AvgIpc) is 2.30. The van der Waals surface area contributed by atoms with Crippen LogP contribution in [0.3, 0.4) is 0 Å². The van der Waals surface area contributed by atoms with E-state index in [0.29, 0.717) is 5.69 Å². The Balaban J connectivity index is 2.82. The molecule has 0 aliphatic heterocycles. The second-order valence-corrected chi connectivity index (χ2v) is 6.36. The van der Waals surface area contributed by atoms with Gasteiger partial charge in [-0.2, -0.15) is 0 Å². The van der Waals surface area contributed by atoms with Gasteiger partial charge >= 0.3 is 0 Å². The zero-order valence-corrected chi connectivity index (χ0v) is 11.2. The largest absolute Gasteiger partial charge is 0.378 e. The van der Waals surface area contributed by atoms with Crippen molar-refractivity contribution in [3.63, 3.8) is 0 Å². The Kier molecular flexibility index (Phi) is 4.66. The van der Waals surface area contributed by atoms with E-state index in [0.717, 1.165) is 5.56 Å². The molecule has 1 aromatic carbocycles. The van der Waals surface area contributed by atoms with Crippen LogP contribution in [0, 0.1) is 17.0 Å². The Bertz CT molecular complexity index is 540. The Labute approximate surface area is 106 Å². The van der Waals surface area contributed by atoms with Crippen LogP contribution in [0.25, 0.3) is 0 Å². The van der Waals surface area contributed by atoms with E-state index in [-0.39, 0.29) is 23.7 Å². The first-order valence-electron chi connectivity index (χ1n) is 5.55. The van der Waals surface area contributed by atoms with E-state index in [1.54, 1.807) is 26.0 Å². The monoisotopic (exact) mass is 272 g/mol. The number of hydrogen-bond donors (Lipinski definition) is 1. The van der Waals surface area contributed by atoms with Crippen LogP contribution in [0.1, 0.15) is 12.5 Å². The summed E-state index contributed by atoms with van der Waals surface area (Å²) < 4.78 is 22.6. The quantitative estimate of drug-likeness (QED) is 0.629. The predicted molar refractivity (Wildman–Crippen MR) is 70.7 cm³/mol. The number of rotatable bonds is 6. The number of hydrogen-bond acceptors (Lipinski definition) is 5. The van der Waals surface area contributed by atoms with Crippen LogP contribution < -0.4 is 5.32 Å². The molecule has 0 unspecified atom stereocenters. The molecule has 0 saturated heterocycles. The summed E-state index contributed by atoms with van der Waals surface area (Å²) in [5.41, 5.74) is 1.07. The fraction of sp³-hybridized carbons (Fsp3) is 0.455. The lowest BCUT2D eigenvalue weighted by atomic mass is 10.1. The number of nitro benzene ring substituents is 1. The molecule has 0 atom stereocenters. The zero-order chi connectivity index (χ0) is 13.8. The van der Waals surface area contributed by atoms with E-state index in [1.807, 2.05) is 0 Å². The van der Waals surface area contributed by atoms with Gasteiger partial charge in [-0.15, -0.1) is 0 Å². The highest BCUT2D eigenvalue weighted by molar-refractivity contribution is 7.91. The van der Waals surface area contributed by atoms with Crippen molar-refractivity contribution in [3.05, 3.63) is 33.9 Å². The molecular formula is C11H16N2O4S. The van der Waals surface area contributed by atoms with Gasteiger partial charge in [-0.05, 0) is 12.5 Å². The number of anilines is 1. The molecule has 0 spiro atoms. The minimum absolute atomic E-state index is 0.0327. The lowest BCUT2D eigenvalue weighted by Gasteiger charge is -2.09. The maximum atomic E-state index is 11.3. The van der Waals surface area contributed by atoms with E-state index >= 15 is 0 Å². The van der Waals surface area contributed by atoms with Gasteiger partial charge in [0.1, 0.15) is 5.69 Å². The van der Waals surface area contributed by atoms with E-state index in [2.05, 4.69) is 5.32 Å². The summed E-state index contributed by atoms with van der Waals surface area (Å²) >= 11 is 0. The number of para-hydroxylation sites is 1. The van der Waals surface area contributed by atoms with E-state index in [9.17, 15) is 18.5 Å². The molecule has 0 amide bonds. The molecule has 0 saturated carbocycles. The molecule has 0 aliphatic carbocycles. The molecule has 1 aromatic rings. The Morgan fingerprint density at radius 2 is 2.06 bits per heavy atom. The Hall–Kier alpha value is -1.63. The van der Waals surface area contributed by atoms with Gasteiger partial charge in [0.15, 0.2) is 9.84 Å². The lowest BCUT2D eigenvalue weighted by molar-refractivity contribution is -0.384. The van der Waals surface area contributed by atoms with Gasteiger partial charge in [0, 0.05) is 18.4 Å². The molecule has 100 valence electrons. The highest BCUT2D eigenvalue weighted by Crippen LogP contribution is 2.27. The summed E-state index contributed by atoms with van der Waals surface area (Å²) in [6.45, 7) is 3.48. The highest BCUT2D eigenvalue weighted by Gasteiger charge is 2.15. The molecule has 0 fully saturated rings. The van der Waals surface area contributed by atoms with Crippen molar-refractivity contribution in [1.29, 1.82) is 0 Å². The third kappa shape index (κ3) is 3.69. The number of nitrogens with one attached hydrogen (secondary N) is 1. The fourth-order valence-corrected chi connectivity index (χ4v) is 2.21. The minimum Gasteiger partial charge on any atom is -0.378 e. The van der Waals surface area contributed by atoms with Gasteiger partial charge in [-0.25, -0.2) is 8.42 Å². The predicted octanol–water partition coefficient (Wildman–Crippen LogP) is 1.75. The van der Waals surface area contributed by atoms with Crippen molar-refractivity contribution in [2.45, 2.75) is 13.8 Å². The van der Waals surface area contributed by atoms with Gasteiger partial charge in [-0.3, -0.25) is 10.1 Å². The first kappa shape index (κ1) is 14.4. The maximum absolute atomic E-state index is 11.3. The van der Waals surface area contributed by atoms with Crippen LogP contribution in [-0.4, -0.2) is 31.4 Å². The van der Waals surface area contributed by atoms with Crippen LogP contribution >= 0.6 is 0 Å². The lowest BCUT2D eigenvalue weighted by Crippen LogP contribution is -2.18. The van der Waals surface area contributed by atoms with Gasteiger partial charge in [0.2, 0.25) is 0 Å². The van der Waals surface area contributed by atoms with Crippen molar-refractivity contribution in [2.75, 3.05) is 23.4 Å². The number of nitro groups is 1. The summed E-state index contributed by atoms with van der Waals surface area (Å²) in [6, 6.07) is 4.73. The SMILES string of the molecule is CCS(=O)(=O)CCNc1c(C)cccc1[N+](=O)[O-]. The van der Waals surface area contributed by atoms with Crippen molar-refractivity contribution in [2.24, 2.45) is 0 Å².